The molecule has 132 valence electrons. The molecule has 1 amide bonds. The summed E-state index contributed by atoms with van der Waals surface area (Å²) in [4.78, 5) is 19.0. The van der Waals surface area contributed by atoms with E-state index in [9.17, 15) is 4.79 Å². The number of carbonyl (C=O) groups is 1. The van der Waals surface area contributed by atoms with Crippen molar-refractivity contribution in [2.24, 2.45) is 0 Å². The minimum Gasteiger partial charge on any atom is -0.444 e. The highest BCUT2D eigenvalue weighted by atomic mass is 16.3. The van der Waals surface area contributed by atoms with E-state index < -0.39 is 0 Å². The van der Waals surface area contributed by atoms with Crippen molar-refractivity contribution in [1.29, 1.82) is 0 Å². The predicted octanol–water partition coefficient (Wildman–Crippen LogP) is 5.19. The summed E-state index contributed by atoms with van der Waals surface area (Å²) < 4.78 is 5.31. The molecule has 4 heteroatoms. The summed E-state index contributed by atoms with van der Waals surface area (Å²) in [7, 11) is 0. The van der Waals surface area contributed by atoms with Gasteiger partial charge >= 0.3 is 0 Å². The van der Waals surface area contributed by atoms with Crippen LogP contribution < -0.4 is 4.90 Å². The van der Waals surface area contributed by atoms with Gasteiger partial charge in [-0.1, -0.05) is 60.7 Å². The van der Waals surface area contributed by atoms with Gasteiger partial charge in [-0.15, -0.1) is 0 Å². The van der Waals surface area contributed by atoms with Gasteiger partial charge in [0.15, 0.2) is 12.2 Å². The van der Waals surface area contributed by atoms with E-state index in [-0.39, 0.29) is 5.91 Å². The van der Waals surface area contributed by atoms with Crippen LogP contribution in [0.5, 0.6) is 0 Å². The van der Waals surface area contributed by atoms with Gasteiger partial charge in [0.1, 0.15) is 0 Å². The molecule has 27 heavy (non-hydrogen) atoms. The first-order valence-electron chi connectivity index (χ1n) is 8.71. The number of carbonyl (C=O) groups excluding carboxylic acids is 1. The SMILES string of the molecule is O=C(c1ccc(-c2cnco2)cc1)N(Cc1ccccc1)c1ccccc1. The molecule has 0 aliphatic heterocycles. The van der Waals surface area contributed by atoms with Gasteiger partial charge in [-0.05, 0) is 29.8 Å². The average molecular weight is 354 g/mol. The highest BCUT2D eigenvalue weighted by Crippen LogP contribution is 2.23. The van der Waals surface area contributed by atoms with Crippen LogP contribution >= 0.6 is 0 Å². The first-order chi connectivity index (χ1) is 13.3. The van der Waals surface area contributed by atoms with Crippen molar-refractivity contribution in [3.05, 3.63) is 109 Å². The summed E-state index contributed by atoms with van der Waals surface area (Å²) in [6, 6.07) is 27.1. The van der Waals surface area contributed by atoms with Crippen LogP contribution in [0, 0.1) is 0 Å². The third-order valence-electron chi connectivity index (χ3n) is 4.35. The van der Waals surface area contributed by atoms with Crippen LogP contribution in [0.2, 0.25) is 0 Å². The Labute approximate surface area is 157 Å². The van der Waals surface area contributed by atoms with Gasteiger partial charge in [0.2, 0.25) is 0 Å². The second kappa shape index (κ2) is 7.70. The molecule has 4 rings (SSSR count). The van der Waals surface area contributed by atoms with Crippen molar-refractivity contribution in [3.8, 4) is 11.3 Å². The molecule has 3 aromatic carbocycles. The molecule has 0 fully saturated rings. The third kappa shape index (κ3) is 3.80. The minimum absolute atomic E-state index is 0.0471. The molecule has 0 bridgehead atoms. The first-order valence-corrected chi connectivity index (χ1v) is 8.71. The van der Waals surface area contributed by atoms with Crippen LogP contribution in [0.25, 0.3) is 11.3 Å². The number of anilines is 1. The number of hydrogen-bond donors (Lipinski definition) is 0. The van der Waals surface area contributed by atoms with E-state index in [1.54, 1.807) is 11.1 Å². The summed E-state index contributed by atoms with van der Waals surface area (Å²) in [5, 5.41) is 0. The maximum Gasteiger partial charge on any atom is 0.258 e. The molecule has 0 saturated heterocycles. The number of nitrogens with zero attached hydrogens (tertiary/aromatic N) is 2. The number of benzene rings is 3. The van der Waals surface area contributed by atoms with E-state index in [2.05, 4.69) is 4.98 Å². The van der Waals surface area contributed by atoms with Gasteiger partial charge in [0.05, 0.1) is 12.7 Å². The average Bonchev–Trinajstić information content (AvgIpc) is 3.28. The lowest BCUT2D eigenvalue weighted by Crippen LogP contribution is -2.30. The molecule has 1 aromatic heterocycles. The Kier molecular flexibility index (Phi) is 4.79. The van der Waals surface area contributed by atoms with Gasteiger partial charge in [-0.25, -0.2) is 4.98 Å². The highest BCUT2D eigenvalue weighted by molar-refractivity contribution is 6.06. The maximum absolute atomic E-state index is 13.2. The maximum atomic E-state index is 13.2. The minimum atomic E-state index is -0.0471. The van der Waals surface area contributed by atoms with Crippen LogP contribution in [0.15, 0.2) is 102 Å². The summed E-state index contributed by atoms with van der Waals surface area (Å²) in [6.07, 6.45) is 3.05. The molecule has 0 spiro atoms. The molecule has 4 aromatic rings. The normalized spacial score (nSPS) is 10.5. The van der Waals surface area contributed by atoms with Crippen molar-refractivity contribution in [2.75, 3.05) is 4.90 Å². The molecule has 0 aliphatic rings. The fourth-order valence-corrected chi connectivity index (χ4v) is 2.95. The second-order valence-corrected chi connectivity index (χ2v) is 6.16. The molecule has 0 unspecified atom stereocenters. The van der Waals surface area contributed by atoms with Crippen molar-refractivity contribution >= 4 is 11.6 Å². The predicted molar refractivity (Wildman–Crippen MR) is 105 cm³/mol. The largest absolute Gasteiger partial charge is 0.444 e. The van der Waals surface area contributed by atoms with Crippen molar-refractivity contribution in [1.82, 2.24) is 4.98 Å². The third-order valence-corrected chi connectivity index (χ3v) is 4.35. The molecule has 0 radical (unpaired) electrons. The van der Waals surface area contributed by atoms with E-state index in [0.717, 1.165) is 16.8 Å². The van der Waals surface area contributed by atoms with Gasteiger partial charge in [0.25, 0.3) is 5.91 Å². The Balaban J connectivity index is 1.64. The standard InChI is InChI=1S/C23H18N2O2/c26-23(20-13-11-19(12-14-20)22-15-24-17-27-22)25(21-9-5-2-6-10-21)16-18-7-3-1-4-8-18/h1-15,17H,16H2. The second-order valence-electron chi connectivity index (χ2n) is 6.16. The summed E-state index contributed by atoms with van der Waals surface area (Å²) in [6.45, 7) is 0.507. The van der Waals surface area contributed by atoms with Gasteiger partial charge in [-0.3, -0.25) is 4.79 Å². The lowest BCUT2D eigenvalue weighted by Gasteiger charge is -2.23. The topological polar surface area (TPSA) is 46.3 Å². The molecule has 0 atom stereocenters. The number of oxazole rings is 1. The number of aromatic nitrogens is 1. The summed E-state index contributed by atoms with van der Waals surface area (Å²) in [5.74, 6) is 0.632. The zero-order valence-electron chi connectivity index (χ0n) is 14.7. The van der Waals surface area contributed by atoms with E-state index in [0.29, 0.717) is 17.9 Å². The first kappa shape index (κ1) is 16.8. The Morgan fingerprint density at radius 3 is 2.15 bits per heavy atom. The smallest absolute Gasteiger partial charge is 0.258 e. The molecule has 1 heterocycles. The van der Waals surface area contributed by atoms with Crippen LogP contribution in [-0.2, 0) is 6.54 Å². The van der Waals surface area contributed by atoms with Crippen molar-refractivity contribution in [2.45, 2.75) is 6.54 Å². The fourth-order valence-electron chi connectivity index (χ4n) is 2.95. The van der Waals surface area contributed by atoms with Gasteiger partial charge in [-0.2, -0.15) is 0 Å². The summed E-state index contributed by atoms with van der Waals surface area (Å²) in [5.41, 5.74) is 3.45. The highest BCUT2D eigenvalue weighted by Gasteiger charge is 2.18. The molecule has 0 aliphatic carbocycles. The lowest BCUT2D eigenvalue weighted by atomic mass is 10.1. The molecule has 0 N–H and O–H groups in total. The lowest BCUT2D eigenvalue weighted by molar-refractivity contribution is 0.0985. The summed E-state index contributed by atoms with van der Waals surface area (Å²) >= 11 is 0. The van der Waals surface area contributed by atoms with E-state index in [1.807, 2.05) is 84.9 Å². The van der Waals surface area contributed by atoms with Crippen LogP contribution in [0.1, 0.15) is 15.9 Å². The van der Waals surface area contributed by atoms with E-state index in [4.69, 9.17) is 4.42 Å². The monoisotopic (exact) mass is 354 g/mol. The van der Waals surface area contributed by atoms with E-state index in [1.165, 1.54) is 6.39 Å². The number of hydrogen-bond acceptors (Lipinski definition) is 3. The Bertz CT molecular complexity index is 995. The molecule has 0 saturated carbocycles. The van der Waals surface area contributed by atoms with Crippen LogP contribution in [0.4, 0.5) is 5.69 Å². The van der Waals surface area contributed by atoms with E-state index >= 15 is 0 Å². The quantitative estimate of drug-likeness (QED) is 0.495. The molecular weight excluding hydrogens is 336 g/mol. The number of rotatable bonds is 5. The van der Waals surface area contributed by atoms with Gasteiger partial charge < -0.3 is 9.32 Å². The van der Waals surface area contributed by atoms with Crippen molar-refractivity contribution < 1.29 is 9.21 Å². The van der Waals surface area contributed by atoms with Crippen LogP contribution in [0.3, 0.4) is 0 Å². The zero-order valence-corrected chi connectivity index (χ0v) is 14.7. The Hall–Kier alpha value is -3.66. The Morgan fingerprint density at radius 1 is 0.852 bits per heavy atom. The number of para-hydroxylation sites is 1. The Morgan fingerprint density at radius 2 is 1.52 bits per heavy atom. The molecule has 4 nitrogen and oxygen atoms in total. The van der Waals surface area contributed by atoms with Gasteiger partial charge in [0, 0.05) is 16.8 Å². The molecular formula is C23H18N2O2. The fraction of sp³-hybridized carbons (Fsp3) is 0.0435. The zero-order chi connectivity index (χ0) is 18.5. The van der Waals surface area contributed by atoms with Crippen LogP contribution in [-0.4, -0.2) is 10.9 Å². The number of amides is 1. The van der Waals surface area contributed by atoms with Crippen molar-refractivity contribution in [3.63, 3.8) is 0 Å².